The number of carbonyl (C=O) groups excluding carboxylic acids is 2. The zero-order chi connectivity index (χ0) is 24.8. The molecule has 186 valence electrons. The number of rotatable bonds is 9. The zero-order valence-corrected chi connectivity index (χ0v) is 20.8. The molecule has 2 aliphatic rings. The lowest BCUT2D eigenvalue weighted by Gasteiger charge is -2.32. The number of carboxylic acids is 1. The molecule has 1 saturated carbocycles. The summed E-state index contributed by atoms with van der Waals surface area (Å²) in [6.07, 6.45) is 4.23. The van der Waals surface area contributed by atoms with E-state index in [0.29, 0.717) is 25.1 Å². The van der Waals surface area contributed by atoms with Gasteiger partial charge in [0.1, 0.15) is 13.2 Å². The van der Waals surface area contributed by atoms with Gasteiger partial charge in [-0.3, -0.25) is 9.59 Å². The number of nitrogens with zero attached hydrogens (tertiary/aromatic N) is 1. The summed E-state index contributed by atoms with van der Waals surface area (Å²) in [5.74, 6) is -0.754. The molecule has 2 atom stereocenters. The smallest absolute Gasteiger partial charge is 0.407 e. The molecule has 0 radical (unpaired) electrons. The molecular formula is C27H32N2O5S. The van der Waals surface area contributed by atoms with Crippen LogP contribution < -0.4 is 5.32 Å². The second-order valence-corrected chi connectivity index (χ2v) is 10.2. The lowest BCUT2D eigenvalue weighted by atomic mass is 9.85. The maximum Gasteiger partial charge on any atom is 0.407 e. The SMILES string of the molecule is CSCCN(CC(=O)O)C(=O)[C@@H]1CCC[C@@H](NC(=O)OCC2c3ccccc3-c3ccccc32)C1. The molecule has 0 bridgehead atoms. The number of alkyl carbamates (subject to hydrolysis) is 1. The lowest BCUT2D eigenvalue weighted by molar-refractivity contribution is -0.146. The maximum absolute atomic E-state index is 13.0. The van der Waals surface area contributed by atoms with Gasteiger partial charge in [-0.05, 0) is 47.8 Å². The Hall–Kier alpha value is -3.00. The van der Waals surface area contributed by atoms with Crippen LogP contribution in [0.5, 0.6) is 0 Å². The van der Waals surface area contributed by atoms with Crippen LogP contribution in [0.3, 0.4) is 0 Å². The highest BCUT2D eigenvalue weighted by Crippen LogP contribution is 2.44. The van der Waals surface area contributed by atoms with Crippen molar-refractivity contribution in [3.63, 3.8) is 0 Å². The summed E-state index contributed by atoms with van der Waals surface area (Å²) in [6.45, 7) is 0.365. The number of ether oxygens (including phenoxy) is 1. The first-order valence-electron chi connectivity index (χ1n) is 12.1. The standard InChI is InChI=1S/C27H32N2O5S/c1-35-14-13-29(16-25(30)31)26(32)18-7-6-8-19(15-18)28-27(33)34-17-24-22-11-4-2-9-20(22)21-10-3-5-12-23(21)24/h2-5,9-12,18-19,24H,6-8,13-17H2,1H3,(H,28,33)(H,30,31)/t18-,19-/m1/s1. The molecule has 2 aromatic carbocycles. The molecule has 0 aliphatic heterocycles. The molecule has 0 heterocycles. The van der Waals surface area contributed by atoms with E-state index >= 15 is 0 Å². The van der Waals surface area contributed by atoms with Crippen LogP contribution in [-0.2, 0) is 14.3 Å². The number of thioether (sulfide) groups is 1. The van der Waals surface area contributed by atoms with E-state index in [1.807, 2.05) is 30.5 Å². The van der Waals surface area contributed by atoms with Crippen LogP contribution in [0.25, 0.3) is 11.1 Å². The monoisotopic (exact) mass is 496 g/mol. The summed E-state index contributed by atoms with van der Waals surface area (Å²) in [7, 11) is 0. The van der Waals surface area contributed by atoms with E-state index in [1.54, 1.807) is 11.8 Å². The van der Waals surface area contributed by atoms with Crippen LogP contribution in [0.1, 0.15) is 42.7 Å². The molecule has 2 aliphatic carbocycles. The van der Waals surface area contributed by atoms with Crippen molar-refractivity contribution in [1.29, 1.82) is 0 Å². The Morgan fingerprint density at radius 2 is 1.71 bits per heavy atom. The second-order valence-electron chi connectivity index (χ2n) is 9.18. The van der Waals surface area contributed by atoms with E-state index < -0.39 is 12.1 Å². The van der Waals surface area contributed by atoms with Gasteiger partial charge in [0.2, 0.25) is 5.91 Å². The van der Waals surface area contributed by atoms with Gasteiger partial charge in [0, 0.05) is 30.2 Å². The molecule has 7 nitrogen and oxygen atoms in total. The summed E-state index contributed by atoms with van der Waals surface area (Å²) in [6, 6.07) is 16.2. The normalized spacial score (nSPS) is 18.9. The van der Waals surface area contributed by atoms with Crippen molar-refractivity contribution >= 4 is 29.7 Å². The minimum atomic E-state index is -1.01. The van der Waals surface area contributed by atoms with Gasteiger partial charge in [0.25, 0.3) is 0 Å². The molecule has 1 fully saturated rings. The molecule has 2 amide bonds. The zero-order valence-electron chi connectivity index (χ0n) is 19.9. The first kappa shape index (κ1) is 25.1. The van der Waals surface area contributed by atoms with E-state index in [2.05, 4.69) is 29.6 Å². The highest BCUT2D eigenvalue weighted by atomic mass is 32.2. The summed E-state index contributed by atoms with van der Waals surface area (Å²) < 4.78 is 5.67. The van der Waals surface area contributed by atoms with Crippen LogP contribution in [-0.4, -0.2) is 65.7 Å². The Bertz CT molecular complexity index is 1030. The number of hydrogen-bond donors (Lipinski definition) is 2. The number of hydrogen-bond acceptors (Lipinski definition) is 5. The molecule has 0 saturated heterocycles. The average Bonchev–Trinajstić information content (AvgIpc) is 3.18. The number of benzene rings is 2. The van der Waals surface area contributed by atoms with Crippen LogP contribution in [0.15, 0.2) is 48.5 Å². The van der Waals surface area contributed by atoms with Crippen LogP contribution >= 0.6 is 11.8 Å². The summed E-state index contributed by atoms with van der Waals surface area (Å²) in [5, 5.41) is 12.1. The largest absolute Gasteiger partial charge is 0.480 e. The molecular weight excluding hydrogens is 464 g/mol. The third-order valence-electron chi connectivity index (χ3n) is 6.89. The lowest BCUT2D eigenvalue weighted by Crippen LogP contribution is -2.46. The first-order chi connectivity index (χ1) is 17.0. The van der Waals surface area contributed by atoms with Crippen molar-refractivity contribution in [1.82, 2.24) is 10.2 Å². The summed E-state index contributed by atoms with van der Waals surface area (Å²) in [4.78, 5) is 38.4. The van der Waals surface area contributed by atoms with E-state index in [1.165, 1.54) is 16.0 Å². The molecule has 2 aromatic rings. The Kier molecular flexibility index (Phi) is 8.33. The van der Waals surface area contributed by atoms with Gasteiger partial charge in [0.05, 0.1) is 0 Å². The Morgan fingerprint density at radius 3 is 2.34 bits per heavy atom. The topological polar surface area (TPSA) is 95.9 Å². The number of fused-ring (bicyclic) bond motifs is 3. The predicted molar refractivity (Wildman–Crippen MR) is 137 cm³/mol. The van der Waals surface area contributed by atoms with Gasteiger partial charge >= 0.3 is 12.1 Å². The minimum absolute atomic E-state index is 0.00477. The van der Waals surface area contributed by atoms with E-state index in [4.69, 9.17) is 4.74 Å². The van der Waals surface area contributed by atoms with Crippen molar-refractivity contribution in [3.8, 4) is 11.1 Å². The molecule has 0 aromatic heterocycles. The summed E-state index contributed by atoms with van der Waals surface area (Å²) in [5.41, 5.74) is 4.68. The van der Waals surface area contributed by atoms with Crippen LogP contribution in [0.2, 0.25) is 0 Å². The number of carbonyl (C=O) groups is 3. The molecule has 0 unspecified atom stereocenters. The van der Waals surface area contributed by atoms with E-state index in [9.17, 15) is 19.5 Å². The van der Waals surface area contributed by atoms with Crippen LogP contribution in [0, 0.1) is 5.92 Å². The quantitative estimate of drug-likeness (QED) is 0.536. The Morgan fingerprint density at radius 1 is 1.06 bits per heavy atom. The number of aliphatic carboxylic acids is 1. The first-order valence-corrected chi connectivity index (χ1v) is 13.5. The van der Waals surface area contributed by atoms with Crippen molar-refractivity contribution in [2.45, 2.75) is 37.6 Å². The highest BCUT2D eigenvalue weighted by molar-refractivity contribution is 7.98. The van der Waals surface area contributed by atoms with Crippen molar-refractivity contribution in [2.75, 3.05) is 31.7 Å². The Labute approximate surface area is 210 Å². The molecule has 35 heavy (non-hydrogen) atoms. The Balaban J connectivity index is 1.33. The minimum Gasteiger partial charge on any atom is -0.480 e. The fraction of sp³-hybridized carbons (Fsp3) is 0.444. The summed E-state index contributed by atoms with van der Waals surface area (Å²) >= 11 is 1.58. The average molecular weight is 497 g/mol. The number of nitrogens with one attached hydrogen (secondary N) is 1. The third kappa shape index (κ3) is 5.99. The van der Waals surface area contributed by atoms with Gasteiger partial charge in [-0.2, -0.15) is 11.8 Å². The van der Waals surface area contributed by atoms with Gasteiger partial charge in [-0.25, -0.2) is 4.79 Å². The van der Waals surface area contributed by atoms with Crippen LogP contribution in [0.4, 0.5) is 4.79 Å². The van der Waals surface area contributed by atoms with E-state index in [-0.39, 0.29) is 36.9 Å². The third-order valence-corrected chi connectivity index (χ3v) is 7.48. The molecule has 2 N–H and O–H groups in total. The molecule has 8 heteroatoms. The van der Waals surface area contributed by atoms with Gasteiger partial charge < -0.3 is 20.1 Å². The number of amides is 2. The fourth-order valence-electron chi connectivity index (χ4n) is 5.24. The van der Waals surface area contributed by atoms with Gasteiger partial charge in [0.15, 0.2) is 0 Å². The maximum atomic E-state index is 13.0. The molecule has 0 spiro atoms. The molecule has 4 rings (SSSR count). The highest BCUT2D eigenvalue weighted by Gasteiger charge is 2.33. The van der Waals surface area contributed by atoms with Gasteiger partial charge in [-0.15, -0.1) is 0 Å². The second kappa shape index (κ2) is 11.6. The fourth-order valence-corrected chi connectivity index (χ4v) is 5.65. The van der Waals surface area contributed by atoms with E-state index in [0.717, 1.165) is 24.0 Å². The van der Waals surface area contributed by atoms with Crippen molar-refractivity contribution in [2.24, 2.45) is 5.92 Å². The predicted octanol–water partition coefficient (Wildman–Crippen LogP) is 4.36. The number of carboxylic acid groups (broad SMARTS) is 1. The van der Waals surface area contributed by atoms with Crippen molar-refractivity contribution in [3.05, 3.63) is 59.7 Å². The van der Waals surface area contributed by atoms with Gasteiger partial charge in [-0.1, -0.05) is 55.0 Å². The van der Waals surface area contributed by atoms with Crippen molar-refractivity contribution < 1.29 is 24.2 Å².